The van der Waals surface area contributed by atoms with Crippen LogP contribution < -0.4 is 0 Å². The molecule has 0 bridgehead atoms. The van der Waals surface area contributed by atoms with Gasteiger partial charge in [-0.3, -0.25) is 0 Å². The van der Waals surface area contributed by atoms with Gasteiger partial charge in [-0.1, -0.05) is 12.8 Å². The summed E-state index contributed by atoms with van der Waals surface area (Å²) in [6, 6.07) is 0. The highest BCUT2D eigenvalue weighted by Gasteiger charge is 2.39. The van der Waals surface area contributed by atoms with Gasteiger partial charge >= 0.3 is 0 Å². The largest absolute Gasteiger partial charge is 0.144 e. The Morgan fingerprint density at radius 1 is 0.917 bits per heavy atom. The van der Waals surface area contributed by atoms with Crippen molar-refractivity contribution >= 4 is 0 Å². The molecular formula is C10H20NO. The molecule has 1 saturated heterocycles. The topological polar surface area (TPSA) is 23.1 Å². The van der Waals surface area contributed by atoms with Crippen molar-refractivity contribution in [2.24, 2.45) is 0 Å². The molecule has 71 valence electrons. The zero-order valence-corrected chi connectivity index (χ0v) is 8.68. The van der Waals surface area contributed by atoms with Crippen molar-refractivity contribution in [3.05, 3.63) is 0 Å². The van der Waals surface area contributed by atoms with Crippen LogP contribution in [0, 0.1) is 0 Å². The zero-order valence-electron chi connectivity index (χ0n) is 8.68. The summed E-state index contributed by atoms with van der Waals surface area (Å²) in [6.45, 7) is 8.19. The van der Waals surface area contributed by atoms with Crippen LogP contribution in [-0.2, 0) is 5.21 Å². The summed E-state index contributed by atoms with van der Waals surface area (Å²) in [4.78, 5) is 0. The second-order valence-electron chi connectivity index (χ2n) is 5.13. The van der Waals surface area contributed by atoms with Gasteiger partial charge in [-0.15, -0.1) is 10.3 Å². The van der Waals surface area contributed by atoms with Gasteiger partial charge in [0.05, 0.1) is 0 Å². The van der Waals surface area contributed by atoms with Crippen LogP contribution in [0.15, 0.2) is 0 Å². The van der Waals surface area contributed by atoms with Crippen LogP contribution in [0.2, 0.25) is 0 Å². The Morgan fingerprint density at radius 3 is 1.58 bits per heavy atom. The van der Waals surface area contributed by atoms with Crippen LogP contribution in [0.25, 0.3) is 0 Å². The van der Waals surface area contributed by atoms with E-state index in [0.717, 1.165) is 12.8 Å². The van der Waals surface area contributed by atoms with Crippen molar-refractivity contribution < 1.29 is 5.21 Å². The van der Waals surface area contributed by atoms with Gasteiger partial charge in [-0.05, 0) is 40.5 Å². The predicted molar refractivity (Wildman–Crippen MR) is 49.2 cm³/mol. The molecule has 2 nitrogen and oxygen atoms in total. The third-order valence-corrected chi connectivity index (χ3v) is 2.93. The highest BCUT2D eigenvalue weighted by atomic mass is 16.5. The lowest BCUT2D eigenvalue weighted by Crippen LogP contribution is -2.51. The molecule has 0 N–H and O–H groups in total. The van der Waals surface area contributed by atoms with E-state index in [1.165, 1.54) is 17.9 Å². The summed E-state index contributed by atoms with van der Waals surface area (Å²) in [6.07, 6.45) is 4.43. The molecule has 0 atom stereocenters. The second kappa shape index (κ2) is 3.00. The van der Waals surface area contributed by atoms with E-state index in [0.29, 0.717) is 0 Å². The maximum atomic E-state index is 11.9. The fourth-order valence-corrected chi connectivity index (χ4v) is 2.14. The number of rotatable bonds is 0. The number of hydrogen-bond acceptors (Lipinski definition) is 1. The first kappa shape index (κ1) is 10.0. The van der Waals surface area contributed by atoms with Crippen LogP contribution in [0.1, 0.15) is 53.4 Å². The average Bonchev–Trinajstić information content (AvgIpc) is 2.02. The van der Waals surface area contributed by atoms with Gasteiger partial charge < -0.3 is 0 Å². The van der Waals surface area contributed by atoms with E-state index in [-0.39, 0.29) is 11.1 Å². The molecule has 1 aliphatic rings. The van der Waals surface area contributed by atoms with Gasteiger partial charge in [-0.2, -0.15) is 0 Å². The summed E-state index contributed by atoms with van der Waals surface area (Å²) < 4.78 is 0. The lowest BCUT2D eigenvalue weighted by molar-refractivity contribution is -0.269. The molecule has 1 radical (unpaired) electrons. The van der Waals surface area contributed by atoms with Crippen LogP contribution >= 0.6 is 0 Å². The highest BCUT2D eigenvalue weighted by Crippen LogP contribution is 2.34. The minimum absolute atomic E-state index is 0.167. The molecule has 1 heterocycles. The van der Waals surface area contributed by atoms with Crippen molar-refractivity contribution in [3.63, 3.8) is 0 Å². The van der Waals surface area contributed by atoms with Crippen molar-refractivity contribution in [1.29, 1.82) is 0 Å². The molecule has 0 aromatic heterocycles. The first-order valence-corrected chi connectivity index (χ1v) is 4.84. The minimum atomic E-state index is -0.167. The van der Waals surface area contributed by atoms with E-state index in [2.05, 4.69) is 0 Å². The third kappa shape index (κ3) is 1.80. The monoisotopic (exact) mass is 170 g/mol. The smallest absolute Gasteiger partial charge is 0.0443 e. The first-order valence-electron chi connectivity index (χ1n) is 4.84. The molecule has 0 saturated carbocycles. The van der Waals surface area contributed by atoms with Gasteiger partial charge in [-0.25, -0.2) is 0 Å². The minimum Gasteiger partial charge on any atom is -0.144 e. The van der Waals surface area contributed by atoms with E-state index in [1.807, 2.05) is 27.7 Å². The zero-order chi connectivity index (χ0) is 9.41. The predicted octanol–water partition coefficient (Wildman–Crippen LogP) is 2.77. The Kier molecular flexibility index (Phi) is 2.50. The second-order valence-corrected chi connectivity index (χ2v) is 5.13. The average molecular weight is 170 g/mol. The van der Waals surface area contributed by atoms with Crippen molar-refractivity contribution in [3.8, 4) is 0 Å². The Hall–Kier alpha value is -0.0800. The van der Waals surface area contributed by atoms with Crippen LogP contribution in [-0.4, -0.2) is 16.1 Å². The molecule has 0 aromatic rings. The standard InChI is InChI=1S/C10H20NO/c1-9(2)7-5-6-8-10(3,4)11(9)12/h5-8H2,1-4H3. The van der Waals surface area contributed by atoms with Crippen molar-refractivity contribution in [1.82, 2.24) is 5.06 Å². The first-order chi connectivity index (χ1) is 5.36. The van der Waals surface area contributed by atoms with Gasteiger partial charge in [0, 0.05) is 11.1 Å². The summed E-state index contributed by atoms with van der Waals surface area (Å²) in [5.41, 5.74) is -0.333. The van der Waals surface area contributed by atoms with Crippen LogP contribution in [0.5, 0.6) is 0 Å². The molecule has 0 unspecified atom stereocenters. The SMILES string of the molecule is CC1(C)CCCCC(C)(C)N1[O]. The number of hydroxylamine groups is 2. The van der Waals surface area contributed by atoms with Gasteiger partial charge in [0.25, 0.3) is 0 Å². The molecule has 12 heavy (non-hydrogen) atoms. The quantitative estimate of drug-likeness (QED) is 0.548. The molecule has 1 fully saturated rings. The summed E-state index contributed by atoms with van der Waals surface area (Å²) in [5.74, 6) is 0. The fourth-order valence-electron chi connectivity index (χ4n) is 2.14. The maximum Gasteiger partial charge on any atom is 0.0443 e. The van der Waals surface area contributed by atoms with E-state index in [1.54, 1.807) is 0 Å². The Balaban J connectivity index is 2.81. The highest BCUT2D eigenvalue weighted by molar-refractivity contribution is 4.89. The molecule has 1 aliphatic heterocycles. The van der Waals surface area contributed by atoms with Crippen molar-refractivity contribution in [2.75, 3.05) is 0 Å². The molecule has 0 aliphatic carbocycles. The molecular weight excluding hydrogens is 150 g/mol. The molecule has 1 rings (SSSR count). The molecule has 0 amide bonds. The lowest BCUT2D eigenvalue weighted by Gasteiger charge is -2.39. The molecule has 2 heteroatoms. The Morgan fingerprint density at radius 2 is 1.25 bits per heavy atom. The lowest BCUT2D eigenvalue weighted by atomic mass is 9.95. The Bertz CT molecular complexity index is 145. The number of hydrogen-bond donors (Lipinski definition) is 0. The number of nitrogens with zero attached hydrogens (tertiary/aromatic N) is 1. The summed E-state index contributed by atoms with van der Waals surface area (Å²) >= 11 is 0. The fraction of sp³-hybridized carbons (Fsp3) is 1.00. The van der Waals surface area contributed by atoms with Crippen LogP contribution in [0.3, 0.4) is 0 Å². The van der Waals surface area contributed by atoms with E-state index in [9.17, 15) is 5.21 Å². The summed E-state index contributed by atoms with van der Waals surface area (Å²) in [5, 5.41) is 13.2. The maximum absolute atomic E-state index is 11.9. The van der Waals surface area contributed by atoms with Gasteiger partial charge in [0.15, 0.2) is 0 Å². The van der Waals surface area contributed by atoms with Gasteiger partial charge in [0.1, 0.15) is 0 Å². The van der Waals surface area contributed by atoms with Gasteiger partial charge in [0.2, 0.25) is 0 Å². The van der Waals surface area contributed by atoms with Crippen LogP contribution in [0.4, 0.5) is 0 Å². The third-order valence-electron chi connectivity index (χ3n) is 2.93. The Labute approximate surface area is 75.5 Å². The molecule has 0 aromatic carbocycles. The summed E-state index contributed by atoms with van der Waals surface area (Å²) in [7, 11) is 0. The normalized spacial score (nSPS) is 29.8. The van der Waals surface area contributed by atoms with E-state index >= 15 is 0 Å². The van der Waals surface area contributed by atoms with E-state index < -0.39 is 0 Å². The molecule has 0 spiro atoms. The van der Waals surface area contributed by atoms with E-state index in [4.69, 9.17) is 0 Å². The van der Waals surface area contributed by atoms with Crippen molar-refractivity contribution in [2.45, 2.75) is 64.5 Å².